The molecule has 0 bridgehead atoms. The number of carbonyl (C=O) groups excluding carboxylic acids is 1. The van der Waals surface area contributed by atoms with E-state index in [0.29, 0.717) is 22.2 Å². The number of pyridine rings is 1. The number of aryl methyl sites for hydroxylation is 3. The molecule has 168 valence electrons. The average Bonchev–Trinajstić information content (AvgIpc) is 2.76. The molecule has 5 nitrogen and oxygen atoms in total. The van der Waals surface area contributed by atoms with Crippen LogP contribution in [0.5, 0.6) is 0 Å². The van der Waals surface area contributed by atoms with Crippen molar-refractivity contribution in [2.24, 2.45) is 7.05 Å². The number of halogens is 3. The zero-order valence-corrected chi connectivity index (χ0v) is 18.8. The average molecular weight is 468 g/mol. The third-order valence-corrected chi connectivity index (χ3v) is 5.92. The molecule has 8 heteroatoms. The van der Waals surface area contributed by atoms with Crippen LogP contribution in [-0.4, -0.2) is 10.6 Å². The Morgan fingerprint density at radius 3 is 2.39 bits per heavy atom. The lowest BCUT2D eigenvalue weighted by Gasteiger charge is -2.19. The number of amides is 2. The maximum absolute atomic E-state index is 14.0. The van der Waals surface area contributed by atoms with Crippen LogP contribution in [0.2, 0.25) is 5.02 Å². The van der Waals surface area contributed by atoms with Crippen LogP contribution in [0.1, 0.15) is 11.1 Å². The number of carbonyl (C=O) groups is 1. The summed E-state index contributed by atoms with van der Waals surface area (Å²) in [6, 6.07) is 13.0. The normalized spacial score (nSPS) is 11.0. The lowest BCUT2D eigenvalue weighted by atomic mass is 9.94. The SMILES string of the molecule is Cc1cc2c(-c3ccccc3C)c(NC(=O)Nc3ccc(F)cc3F)c(=O)n(C)c2cc1Cl. The number of hydrogen-bond acceptors (Lipinski definition) is 2. The Morgan fingerprint density at radius 2 is 1.70 bits per heavy atom. The van der Waals surface area contributed by atoms with Crippen molar-refractivity contribution >= 4 is 39.9 Å². The fourth-order valence-electron chi connectivity index (χ4n) is 3.77. The van der Waals surface area contributed by atoms with Gasteiger partial charge < -0.3 is 15.2 Å². The number of anilines is 2. The molecule has 1 heterocycles. The van der Waals surface area contributed by atoms with Crippen LogP contribution in [0.4, 0.5) is 25.0 Å². The highest BCUT2D eigenvalue weighted by atomic mass is 35.5. The molecule has 0 aliphatic carbocycles. The van der Waals surface area contributed by atoms with Crippen LogP contribution in [0.25, 0.3) is 22.0 Å². The van der Waals surface area contributed by atoms with Crippen LogP contribution in [0, 0.1) is 25.5 Å². The predicted octanol–water partition coefficient (Wildman–Crippen LogP) is 6.40. The Bertz CT molecular complexity index is 1480. The van der Waals surface area contributed by atoms with Gasteiger partial charge in [-0.15, -0.1) is 0 Å². The van der Waals surface area contributed by atoms with Crippen molar-refractivity contribution in [2.45, 2.75) is 13.8 Å². The molecular weight excluding hydrogens is 448 g/mol. The molecule has 0 unspecified atom stereocenters. The summed E-state index contributed by atoms with van der Waals surface area (Å²) in [6.07, 6.45) is 0. The molecule has 0 fully saturated rings. The first-order valence-corrected chi connectivity index (χ1v) is 10.5. The highest BCUT2D eigenvalue weighted by Crippen LogP contribution is 2.37. The minimum atomic E-state index is -0.930. The number of nitrogens with one attached hydrogen (secondary N) is 2. The first-order chi connectivity index (χ1) is 15.7. The fourth-order valence-corrected chi connectivity index (χ4v) is 3.93. The highest BCUT2D eigenvalue weighted by Gasteiger charge is 2.21. The van der Waals surface area contributed by atoms with Gasteiger partial charge in [-0.05, 0) is 54.8 Å². The summed E-state index contributed by atoms with van der Waals surface area (Å²) in [5.74, 6) is -1.70. The fraction of sp³-hybridized carbons (Fsp3) is 0.120. The van der Waals surface area contributed by atoms with Crippen LogP contribution < -0.4 is 16.2 Å². The second kappa shape index (κ2) is 8.67. The number of aromatic nitrogens is 1. The molecule has 4 rings (SSSR count). The maximum atomic E-state index is 14.0. The summed E-state index contributed by atoms with van der Waals surface area (Å²) in [5, 5.41) is 6.15. The first kappa shape index (κ1) is 22.5. The first-order valence-electron chi connectivity index (χ1n) is 10.1. The largest absolute Gasteiger partial charge is 0.323 e. The van der Waals surface area contributed by atoms with E-state index in [1.54, 1.807) is 13.1 Å². The molecule has 0 saturated carbocycles. The van der Waals surface area contributed by atoms with Gasteiger partial charge in [0, 0.05) is 29.1 Å². The maximum Gasteiger partial charge on any atom is 0.323 e. The number of hydrogen-bond donors (Lipinski definition) is 2. The van der Waals surface area contributed by atoms with Crippen molar-refractivity contribution in [3.63, 3.8) is 0 Å². The van der Waals surface area contributed by atoms with Gasteiger partial charge in [0.1, 0.15) is 17.3 Å². The van der Waals surface area contributed by atoms with Crippen LogP contribution in [0.3, 0.4) is 0 Å². The van der Waals surface area contributed by atoms with Gasteiger partial charge in [0.2, 0.25) is 0 Å². The van der Waals surface area contributed by atoms with E-state index in [1.807, 2.05) is 44.2 Å². The lowest BCUT2D eigenvalue weighted by molar-refractivity contribution is 0.262. The zero-order valence-electron chi connectivity index (χ0n) is 18.1. The quantitative estimate of drug-likeness (QED) is 0.366. The van der Waals surface area contributed by atoms with Crippen molar-refractivity contribution in [2.75, 3.05) is 10.6 Å². The summed E-state index contributed by atoms with van der Waals surface area (Å²) in [6.45, 7) is 3.75. The van der Waals surface area contributed by atoms with E-state index < -0.39 is 23.2 Å². The molecule has 1 aromatic heterocycles. The number of rotatable bonds is 3. The smallest absolute Gasteiger partial charge is 0.309 e. The van der Waals surface area contributed by atoms with Crippen LogP contribution in [-0.2, 0) is 7.05 Å². The Labute approximate surface area is 193 Å². The van der Waals surface area contributed by atoms with Gasteiger partial charge in [-0.25, -0.2) is 13.6 Å². The molecule has 33 heavy (non-hydrogen) atoms. The summed E-state index contributed by atoms with van der Waals surface area (Å²) < 4.78 is 28.6. The molecule has 0 radical (unpaired) electrons. The van der Waals surface area contributed by atoms with Crippen molar-refractivity contribution in [3.8, 4) is 11.1 Å². The van der Waals surface area contributed by atoms with Gasteiger partial charge >= 0.3 is 6.03 Å². The molecule has 0 spiro atoms. The van der Waals surface area contributed by atoms with E-state index >= 15 is 0 Å². The van der Waals surface area contributed by atoms with E-state index in [4.69, 9.17) is 11.6 Å². The predicted molar refractivity (Wildman–Crippen MR) is 128 cm³/mol. The van der Waals surface area contributed by atoms with Crippen molar-refractivity contribution in [3.05, 3.63) is 92.7 Å². The highest BCUT2D eigenvalue weighted by molar-refractivity contribution is 6.32. The van der Waals surface area contributed by atoms with E-state index in [2.05, 4.69) is 10.6 Å². The summed E-state index contributed by atoms with van der Waals surface area (Å²) in [4.78, 5) is 26.1. The molecule has 4 aromatic rings. The molecule has 2 amide bonds. The Hall–Kier alpha value is -3.71. The summed E-state index contributed by atoms with van der Waals surface area (Å²) in [7, 11) is 1.58. The summed E-state index contributed by atoms with van der Waals surface area (Å²) in [5.41, 5.74) is 2.94. The third kappa shape index (κ3) is 4.19. The number of urea groups is 1. The number of nitrogens with zero attached hydrogens (tertiary/aromatic N) is 1. The van der Waals surface area contributed by atoms with E-state index in [0.717, 1.165) is 34.2 Å². The Kier molecular flexibility index (Phi) is 5.91. The van der Waals surface area contributed by atoms with Gasteiger partial charge in [0.15, 0.2) is 0 Å². The van der Waals surface area contributed by atoms with E-state index in [1.165, 1.54) is 4.57 Å². The number of benzene rings is 3. The Morgan fingerprint density at radius 1 is 0.970 bits per heavy atom. The second-order valence-corrected chi connectivity index (χ2v) is 8.16. The van der Waals surface area contributed by atoms with Crippen LogP contribution >= 0.6 is 11.6 Å². The Balaban J connectivity index is 1.92. The minimum Gasteiger partial charge on any atom is -0.309 e. The van der Waals surface area contributed by atoms with E-state index in [9.17, 15) is 18.4 Å². The minimum absolute atomic E-state index is 0.0287. The van der Waals surface area contributed by atoms with Gasteiger partial charge in [-0.2, -0.15) is 0 Å². The summed E-state index contributed by atoms with van der Waals surface area (Å²) >= 11 is 6.32. The van der Waals surface area contributed by atoms with E-state index in [-0.39, 0.29) is 11.4 Å². The third-order valence-electron chi connectivity index (χ3n) is 5.51. The van der Waals surface area contributed by atoms with Crippen molar-refractivity contribution in [1.29, 1.82) is 0 Å². The van der Waals surface area contributed by atoms with Crippen LogP contribution in [0.15, 0.2) is 59.4 Å². The molecular formula is C25H20ClF2N3O2. The molecule has 0 aliphatic rings. The van der Waals surface area contributed by atoms with Gasteiger partial charge in [-0.1, -0.05) is 35.9 Å². The van der Waals surface area contributed by atoms with Gasteiger partial charge in [0.05, 0.1) is 11.2 Å². The van der Waals surface area contributed by atoms with Gasteiger partial charge in [0.25, 0.3) is 5.56 Å². The monoisotopic (exact) mass is 467 g/mol. The molecule has 2 N–H and O–H groups in total. The lowest BCUT2D eigenvalue weighted by Crippen LogP contribution is -2.28. The van der Waals surface area contributed by atoms with Crippen molar-refractivity contribution < 1.29 is 13.6 Å². The molecule has 3 aromatic carbocycles. The number of fused-ring (bicyclic) bond motifs is 1. The second-order valence-electron chi connectivity index (χ2n) is 7.75. The molecule has 0 atom stereocenters. The molecule has 0 saturated heterocycles. The topological polar surface area (TPSA) is 63.1 Å². The van der Waals surface area contributed by atoms with Crippen molar-refractivity contribution in [1.82, 2.24) is 4.57 Å². The standard InChI is InChI=1S/C25H20ClF2N3O2/c1-13-6-4-5-7-16(13)22-17-10-14(2)18(26)12-21(17)31(3)24(32)23(22)30-25(33)29-20-9-8-15(27)11-19(20)28/h4-12H,1-3H3,(H2,29,30,33). The molecule has 0 aliphatic heterocycles. The van der Waals surface area contributed by atoms with Gasteiger partial charge in [-0.3, -0.25) is 4.79 Å². The zero-order chi connectivity index (χ0) is 23.9.